The molecule has 0 atom stereocenters. The Bertz CT molecular complexity index is 936. The van der Waals surface area contributed by atoms with Crippen molar-refractivity contribution in [1.29, 1.82) is 0 Å². The van der Waals surface area contributed by atoms with Crippen molar-refractivity contribution in [2.24, 2.45) is 0 Å². The number of thioether (sulfide) groups is 1. The van der Waals surface area contributed by atoms with Gasteiger partial charge in [-0.3, -0.25) is 9.36 Å². The summed E-state index contributed by atoms with van der Waals surface area (Å²) in [7, 11) is 0. The zero-order chi connectivity index (χ0) is 20.1. The number of carbonyl (C=O) groups excluding carboxylic acids is 1. The molecule has 0 saturated carbocycles. The van der Waals surface area contributed by atoms with E-state index < -0.39 is 0 Å². The molecule has 2 aromatic carbocycles. The van der Waals surface area contributed by atoms with E-state index in [9.17, 15) is 4.79 Å². The van der Waals surface area contributed by atoms with Gasteiger partial charge in [0.15, 0.2) is 11.0 Å². The molecule has 0 bridgehead atoms. The Morgan fingerprint density at radius 2 is 1.59 bits per heavy atom. The first-order chi connectivity index (χ1) is 14.3. The van der Waals surface area contributed by atoms with Crippen LogP contribution >= 0.6 is 11.8 Å². The molecule has 6 nitrogen and oxygen atoms in total. The van der Waals surface area contributed by atoms with Crippen molar-refractivity contribution in [3.05, 3.63) is 60.7 Å². The molecule has 1 saturated heterocycles. The van der Waals surface area contributed by atoms with Crippen LogP contribution in [-0.2, 0) is 4.79 Å². The first-order valence-corrected chi connectivity index (χ1v) is 10.9. The van der Waals surface area contributed by atoms with Crippen LogP contribution in [0.5, 0.6) is 0 Å². The number of amides is 1. The molecule has 0 spiro atoms. The summed E-state index contributed by atoms with van der Waals surface area (Å²) in [6, 6.07) is 20.1. The summed E-state index contributed by atoms with van der Waals surface area (Å²) in [5, 5.41) is 9.58. The van der Waals surface area contributed by atoms with E-state index in [0.29, 0.717) is 5.75 Å². The molecule has 0 aliphatic carbocycles. The standard InChI is InChI=1S/C22H25N5OS/c1-2-25-13-15-26(16-14-25)20(28)17-29-22-24-23-21(18-9-5-3-6-10-18)27(22)19-11-7-4-8-12-19/h3-12H,2,13-17H2,1H3. The average Bonchev–Trinajstić information content (AvgIpc) is 3.22. The summed E-state index contributed by atoms with van der Waals surface area (Å²) in [4.78, 5) is 17.0. The van der Waals surface area contributed by atoms with Crippen LogP contribution in [0.15, 0.2) is 65.8 Å². The second kappa shape index (κ2) is 9.24. The number of aromatic nitrogens is 3. The summed E-state index contributed by atoms with van der Waals surface area (Å²) >= 11 is 1.45. The predicted molar refractivity (Wildman–Crippen MR) is 116 cm³/mol. The molecule has 7 heteroatoms. The van der Waals surface area contributed by atoms with Gasteiger partial charge >= 0.3 is 0 Å². The molecule has 1 aliphatic heterocycles. The number of carbonyl (C=O) groups is 1. The van der Waals surface area contributed by atoms with Crippen molar-refractivity contribution < 1.29 is 4.79 Å². The van der Waals surface area contributed by atoms with Crippen molar-refractivity contribution in [1.82, 2.24) is 24.6 Å². The lowest BCUT2D eigenvalue weighted by atomic mass is 10.2. The third-order valence-electron chi connectivity index (χ3n) is 5.18. The minimum atomic E-state index is 0.162. The molecule has 150 valence electrons. The van der Waals surface area contributed by atoms with E-state index in [0.717, 1.165) is 55.0 Å². The normalized spacial score (nSPS) is 14.9. The summed E-state index contributed by atoms with van der Waals surface area (Å²) in [5.74, 6) is 1.31. The molecule has 4 rings (SSSR count). The number of benzene rings is 2. The van der Waals surface area contributed by atoms with Crippen LogP contribution in [0, 0.1) is 0 Å². The molecule has 0 unspecified atom stereocenters. The number of nitrogens with zero attached hydrogens (tertiary/aromatic N) is 5. The third-order valence-corrected chi connectivity index (χ3v) is 6.09. The lowest BCUT2D eigenvalue weighted by molar-refractivity contribution is -0.130. The molecule has 0 radical (unpaired) electrons. The van der Waals surface area contributed by atoms with Crippen molar-refractivity contribution in [3.63, 3.8) is 0 Å². The van der Waals surface area contributed by atoms with E-state index in [-0.39, 0.29) is 5.91 Å². The Morgan fingerprint density at radius 1 is 0.931 bits per heavy atom. The van der Waals surface area contributed by atoms with Gasteiger partial charge in [-0.1, -0.05) is 67.2 Å². The number of piperazine rings is 1. The number of hydrogen-bond donors (Lipinski definition) is 0. The maximum atomic E-state index is 12.7. The Hall–Kier alpha value is -2.64. The number of hydrogen-bond acceptors (Lipinski definition) is 5. The van der Waals surface area contributed by atoms with Crippen LogP contribution in [0.3, 0.4) is 0 Å². The fraction of sp³-hybridized carbons (Fsp3) is 0.318. The highest BCUT2D eigenvalue weighted by atomic mass is 32.2. The van der Waals surface area contributed by atoms with E-state index in [1.807, 2.05) is 70.1 Å². The van der Waals surface area contributed by atoms with Crippen molar-refractivity contribution in [3.8, 4) is 17.1 Å². The molecule has 3 aromatic rings. The highest BCUT2D eigenvalue weighted by molar-refractivity contribution is 7.99. The predicted octanol–water partition coefficient (Wildman–Crippen LogP) is 3.19. The summed E-state index contributed by atoms with van der Waals surface area (Å²) in [5.41, 5.74) is 1.99. The third kappa shape index (κ3) is 4.52. The van der Waals surface area contributed by atoms with Gasteiger partial charge in [0.2, 0.25) is 5.91 Å². The Morgan fingerprint density at radius 3 is 2.24 bits per heavy atom. The second-order valence-electron chi connectivity index (χ2n) is 6.95. The largest absolute Gasteiger partial charge is 0.339 e. The van der Waals surface area contributed by atoms with E-state index in [1.165, 1.54) is 11.8 Å². The average molecular weight is 408 g/mol. The maximum Gasteiger partial charge on any atom is 0.233 e. The summed E-state index contributed by atoms with van der Waals surface area (Å²) < 4.78 is 2.03. The minimum absolute atomic E-state index is 0.162. The van der Waals surface area contributed by atoms with Crippen molar-refractivity contribution in [2.45, 2.75) is 12.1 Å². The fourth-order valence-corrected chi connectivity index (χ4v) is 4.33. The van der Waals surface area contributed by atoms with Crippen LogP contribution in [0.4, 0.5) is 0 Å². The van der Waals surface area contributed by atoms with Crippen molar-refractivity contribution >= 4 is 17.7 Å². The monoisotopic (exact) mass is 407 g/mol. The Balaban J connectivity index is 1.53. The van der Waals surface area contributed by atoms with Gasteiger partial charge in [0.25, 0.3) is 0 Å². The molecule has 1 fully saturated rings. The van der Waals surface area contributed by atoms with Gasteiger partial charge in [-0.15, -0.1) is 10.2 Å². The van der Waals surface area contributed by atoms with E-state index in [2.05, 4.69) is 22.0 Å². The molecule has 1 aliphatic rings. The van der Waals surface area contributed by atoms with Gasteiger partial charge in [0.05, 0.1) is 5.75 Å². The van der Waals surface area contributed by atoms with E-state index in [4.69, 9.17) is 0 Å². The van der Waals surface area contributed by atoms with Crippen LogP contribution in [-0.4, -0.2) is 68.9 Å². The first-order valence-electron chi connectivity index (χ1n) is 9.95. The summed E-state index contributed by atoms with van der Waals surface area (Å²) in [6.45, 7) is 6.70. The summed E-state index contributed by atoms with van der Waals surface area (Å²) in [6.07, 6.45) is 0. The Labute approximate surface area is 175 Å². The minimum Gasteiger partial charge on any atom is -0.339 e. The lowest BCUT2D eigenvalue weighted by Gasteiger charge is -2.34. The highest BCUT2D eigenvalue weighted by Crippen LogP contribution is 2.28. The van der Waals surface area contributed by atoms with Gasteiger partial charge < -0.3 is 9.80 Å². The van der Waals surface area contributed by atoms with Crippen LogP contribution in [0.25, 0.3) is 17.1 Å². The quantitative estimate of drug-likeness (QED) is 0.588. The maximum absolute atomic E-state index is 12.7. The first kappa shape index (κ1) is 19.7. The van der Waals surface area contributed by atoms with Gasteiger partial charge in [0.1, 0.15) is 0 Å². The zero-order valence-electron chi connectivity index (χ0n) is 16.6. The van der Waals surface area contributed by atoms with E-state index in [1.54, 1.807) is 0 Å². The lowest BCUT2D eigenvalue weighted by Crippen LogP contribution is -2.49. The van der Waals surface area contributed by atoms with Crippen LogP contribution < -0.4 is 0 Å². The number of rotatable bonds is 6. The topological polar surface area (TPSA) is 54.3 Å². The second-order valence-corrected chi connectivity index (χ2v) is 7.89. The van der Waals surface area contributed by atoms with Gasteiger partial charge in [-0.05, 0) is 18.7 Å². The van der Waals surface area contributed by atoms with Gasteiger partial charge in [-0.25, -0.2) is 0 Å². The van der Waals surface area contributed by atoms with E-state index >= 15 is 0 Å². The van der Waals surface area contributed by atoms with Gasteiger partial charge in [-0.2, -0.15) is 0 Å². The smallest absolute Gasteiger partial charge is 0.233 e. The molecule has 1 amide bonds. The molecule has 0 N–H and O–H groups in total. The molecule has 29 heavy (non-hydrogen) atoms. The van der Waals surface area contributed by atoms with Crippen LogP contribution in [0.2, 0.25) is 0 Å². The number of para-hydroxylation sites is 1. The van der Waals surface area contributed by atoms with Crippen molar-refractivity contribution in [2.75, 3.05) is 38.5 Å². The highest BCUT2D eigenvalue weighted by Gasteiger charge is 2.22. The molecular weight excluding hydrogens is 382 g/mol. The zero-order valence-corrected chi connectivity index (χ0v) is 17.4. The Kier molecular flexibility index (Phi) is 6.27. The molecule has 1 aromatic heterocycles. The van der Waals surface area contributed by atoms with Gasteiger partial charge in [0, 0.05) is 37.4 Å². The van der Waals surface area contributed by atoms with Crippen LogP contribution in [0.1, 0.15) is 6.92 Å². The molecule has 2 heterocycles. The SMILES string of the molecule is CCN1CCN(C(=O)CSc2nnc(-c3ccccc3)n2-c2ccccc2)CC1. The number of likely N-dealkylation sites (N-methyl/N-ethyl adjacent to an activating group) is 1. The molecular formula is C22H25N5OS. The fourth-order valence-electron chi connectivity index (χ4n) is 3.48.